The van der Waals surface area contributed by atoms with E-state index in [4.69, 9.17) is 9.15 Å². The second-order valence-electron chi connectivity index (χ2n) is 7.31. The first-order chi connectivity index (χ1) is 14.0. The molecule has 4 rings (SSSR count). The lowest BCUT2D eigenvalue weighted by Crippen LogP contribution is -2.19. The van der Waals surface area contributed by atoms with Crippen LogP contribution in [0.5, 0.6) is 5.75 Å². The van der Waals surface area contributed by atoms with Crippen molar-refractivity contribution in [2.45, 2.75) is 6.92 Å². The average Bonchev–Trinajstić information content (AvgIpc) is 3.22. The van der Waals surface area contributed by atoms with Crippen LogP contribution in [0.15, 0.2) is 64.3 Å². The molecule has 0 atom stereocenters. The minimum absolute atomic E-state index is 0.0477. The van der Waals surface area contributed by atoms with Crippen molar-refractivity contribution in [3.8, 4) is 28.3 Å². The highest BCUT2D eigenvalue weighted by atomic mass is 16.5. The van der Waals surface area contributed by atoms with Gasteiger partial charge in [0.15, 0.2) is 17.6 Å². The number of hydrogen-bond acceptors (Lipinski definition) is 5. The molecule has 0 bridgehead atoms. The maximum atomic E-state index is 12.8. The van der Waals surface area contributed by atoms with Crippen LogP contribution in [-0.4, -0.2) is 42.1 Å². The van der Waals surface area contributed by atoms with Crippen LogP contribution in [0.25, 0.3) is 33.5 Å². The van der Waals surface area contributed by atoms with Crippen molar-refractivity contribution in [1.29, 1.82) is 0 Å². The molecule has 0 aliphatic carbocycles. The molecule has 2 aromatic carbocycles. The monoisotopic (exact) mass is 389 g/mol. The van der Waals surface area contributed by atoms with Crippen LogP contribution < -0.4 is 10.2 Å². The van der Waals surface area contributed by atoms with Gasteiger partial charge in [-0.05, 0) is 50.8 Å². The Bertz CT molecular complexity index is 1190. The third-order valence-corrected chi connectivity index (χ3v) is 4.82. The molecule has 0 spiro atoms. The summed E-state index contributed by atoms with van der Waals surface area (Å²) in [5.41, 5.74) is 4.27. The number of aromatic amines is 1. The van der Waals surface area contributed by atoms with E-state index in [1.165, 1.54) is 6.39 Å². The van der Waals surface area contributed by atoms with E-state index < -0.39 is 0 Å². The third-order valence-electron chi connectivity index (χ3n) is 4.82. The molecular weight excluding hydrogens is 366 g/mol. The van der Waals surface area contributed by atoms with Crippen LogP contribution in [0.2, 0.25) is 0 Å². The van der Waals surface area contributed by atoms with Crippen LogP contribution in [0.4, 0.5) is 0 Å². The summed E-state index contributed by atoms with van der Waals surface area (Å²) in [6, 6.07) is 13.2. The Hall–Kier alpha value is -3.38. The van der Waals surface area contributed by atoms with Gasteiger partial charge in [-0.15, -0.1) is 0 Å². The molecular formula is C23H23N3O3. The molecule has 0 aliphatic heterocycles. The van der Waals surface area contributed by atoms with E-state index in [9.17, 15) is 4.79 Å². The fraction of sp³-hybridized carbons (Fsp3) is 0.217. The normalized spacial score (nSPS) is 11.3. The Kier molecular flexibility index (Phi) is 5.18. The second-order valence-corrected chi connectivity index (χ2v) is 7.31. The highest BCUT2D eigenvalue weighted by Gasteiger charge is 2.11. The van der Waals surface area contributed by atoms with Crippen LogP contribution >= 0.6 is 0 Å². The van der Waals surface area contributed by atoms with Gasteiger partial charge in [0.1, 0.15) is 12.4 Å². The maximum absolute atomic E-state index is 12.8. The van der Waals surface area contributed by atoms with E-state index in [0.29, 0.717) is 17.8 Å². The van der Waals surface area contributed by atoms with Gasteiger partial charge in [-0.3, -0.25) is 4.79 Å². The highest BCUT2D eigenvalue weighted by molar-refractivity contribution is 5.87. The molecule has 1 N–H and O–H groups in total. The lowest BCUT2D eigenvalue weighted by molar-refractivity contribution is 0.261. The number of H-pyrrole nitrogens is 1. The molecule has 0 unspecified atom stereocenters. The Morgan fingerprint density at radius 2 is 2.03 bits per heavy atom. The number of ether oxygens (including phenoxy) is 1. The second kappa shape index (κ2) is 7.93. The Labute approximate surface area is 168 Å². The largest absolute Gasteiger partial charge is 0.492 e. The van der Waals surface area contributed by atoms with Crippen molar-refractivity contribution in [2.75, 3.05) is 27.2 Å². The summed E-state index contributed by atoms with van der Waals surface area (Å²) in [6.07, 6.45) is 3.04. The quantitative estimate of drug-likeness (QED) is 0.538. The zero-order chi connectivity index (χ0) is 20.4. The van der Waals surface area contributed by atoms with E-state index >= 15 is 0 Å². The third kappa shape index (κ3) is 4.07. The number of nitrogens with one attached hydrogen (secondary N) is 1. The minimum atomic E-state index is -0.0477. The van der Waals surface area contributed by atoms with Crippen LogP contribution in [0, 0.1) is 6.92 Å². The number of aryl methyl sites for hydroxylation is 1. The summed E-state index contributed by atoms with van der Waals surface area (Å²) in [4.78, 5) is 22.3. The molecule has 0 fully saturated rings. The Morgan fingerprint density at radius 1 is 1.17 bits per heavy atom. The SMILES string of the molecule is Cc1cc2[nH]c(-c3cccc(OCCN(C)C)c3)cc(=O)c2cc1-c1cnco1. The van der Waals surface area contributed by atoms with Crippen molar-refractivity contribution in [3.05, 3.63) is 70.8 Å². The van der Waals surface area contributed by atoms with Gasteiger partial charge < -0.3 is 19.0 Å². The van der Waals surface area contributed by atoms with E-state index in [2.05, 4.69) is 14.9 Å². The lowest BCUT2D eigenvalue weighted by atomic mass is 10.0. The van der Waals surface area contributed by atoms with Gasteiger partial charge in [0.05, 0.1) is 11.7 Å². The van der Waals surface area contributed by atoms with Gasteiger partial charge in [-0.25, -0.2) is 4.98 Å². The van der Waals surface area contributed by atoms with Gasteiger partial charge in [-0.2, -0.15) is 0 Å². The number of pyridine rings is 1. The van der Waals surface area contributed by atoms with Crippen molar-refractivity contribution < 1.29 is 9.15 Å². The first-order valence-corrected chi connectivity index (χ1v) is 9.46. The number of nitrogens with zero attached hydrogens (tertiary/aromatic N) is 2. The molecule has 6 nitrogen and oxygen atoms in total. The van der Waals surface area contributed by atoms with Crippen LogP contribution in [-0.2, 0) is 0 Å². The summed E-state index contributed by atoms with van der Waals surface area (Å²) in [7, 11) is 4.02. The molecule has 0 saturated carbocycles. The van der Waals surface area contributed by atoms with Gasteiger partial charge in [-0.1, -0.05) is 12.1 Å². The standard InChI is InChI=1S/C23H23N3O3/c1-15-9-21-19(11-18(15)23-13-24-14-29-23)22(27)12-20(25-21)16-5-4-6-17(10-16)28-8-7-26(2)3/h4-6,9-14H,7-8H2,1-3H3,(H,25,27). The summed E-state index contributed by atoms with van der Waals surface area (Å²) in [5, 5.41) is 0.615. The van der Waals surface area contributed by atoms with E-state index in [0.717, 1.165) is 40.2 Å². The molecule has 2 aromatic heterocycles. The van der Waals surface area contributed by atoms with Gasteiger partial charge in [0.25, 0.3) is 0 Å². The number of aromatic nitrogens is 2. The molecule has 0 saturated heterocycles. The smallest absolute Gasteiger partial charge is 0.190 e. The van der Waals surface area contributed by atoms with Crippen molar-refractivity contribution >= 4 is 10.9 Å². The van der Waals surface area contributed by atoms with Gasteiger partial charge in [0.2, 0.25) is 0 Å². The van der Waals surface area contributed by atoms with E-state index in [1.807, 2.05) is 57.4 Å². The number of benzene rings is 2. The number of rotatable bonds is 6. The molecule has 0 radical (unpaired) electrons. The maximum Gasteiger partial charge on any atom is 0.190 e. The molecule has 148 valence electrons. The predicted octanol–water partition coefficient (Wildman–Crippen LogP) is 4.10. The van der Waals surface area contributed by atoms with Crippen molar-refractivity contribution in [3.63, 3.8) is 0 Å². The average molecular weight is 389 g/mol. The van der Waals surface area contributed by atoms with Gasteiger partial charge in [0, 0.05) is 34.8 Å². The van der Waals surface area contributed by atoms with Crippen molar-refractivity contribution in [2.24, 2.45) is 0 Å². The first-order valence-electron chi connectivity index (χ1n) is 9.46. The van der Waals surface area contributed by atoms with Crippen molar-refractivity contribution in [1.82, 2.24) is 14.9 Å². The number of hydrogen-bond donors (Lipinski definition) is 1. The van der Waals surface area contributed by atoms with Gasteiger partial charge >= 0.3 is 0 Å². The fourth-order valence-electron chi connectivity index (χ4n) is 3.27. The predicted molar refractivity (Wildman–Crippen MR) is 114 cm³/mol. The molecule has 6 heteroatoms. The highest BCUT2D eigenvalue weighted by Crippen LogP contribution is 2.28. The molecule has 0 aliphatic rings. The summed E-state index contributed by atoms with van der Waals surface area (Å²) >= 11 is 0. The fourth-order valence-corrected chi connectivity index (χ4v) is 3.27. The topological polar surface area (TPSA) is 71.4 Å². The number of fused-ring (bicyclic) bond motifs is 1. The number of oxazole rings is 1. The van der Waals surface area contributed by atoms with E-state index in [1.54, 1.807) is 12.3 Å². The zero-order valence-corrected chi connectivity index (χ0v) is 16.7. The number of likely N-dealkylation sites (N-methyl/N-ethyl adjacent to an activating group) is 1. The molecule has 4 aromatic rings. The molecule has 29 heavy (non-hydrogen) atoms. The zero-order valence-electron chi connectivity index (χ0n) is 16.7. The lowest BCUT2D eigenvalue weighted by Gasteiger charge is -2.12. The first kappa shape index (κ1) is 19.0. The molecule has 2 heterocycles. The van der Waals surface area contributed by atoms with E-state index in [-0.39, 0.29) is 5.43 Å². The molecule has 0 amide bonds. The Balaban J connectivity index is 1.71. The summed E-state index contributed by atoms with van der Waals surface area (Å²) in [6.45, 7) is 3.43. The summed E-state index contributed by atoms with van der Waals surface area (Å²) in [5.74, 6) is 1.43. The minimum Gasteiger partial charge on any atom is -0.492 e. The summed E-state index contributed by atoms with van der Waals surface area (Å²) < 4.78 is 11.2. The van der Waals surface area contributed by atoms with Crippen LogP contribution in [0.1, 0.15) is 5.56 Å². The Morgan fingerprint density at radius 3 is 2.79 bits per heavy atom. The van der Waals surface area contributed by atoms with Crippen LogP contribution in [0.3, 0.4) is 0 Å².